The van der Waals surface area contributed by atoms with Gasteiger partial charge in [0.1, 0.15) is 0 Å². The molecule has 0 nitrogen and oxygen atoms in total. The van der Waals surface area contributed by atoms with Crippen LogP contribution in [-0.2, 0) is 6.42 Å². The molecular formula is C10H13Cl. The van der Waals surface area contributed by atoms with Gasteiger partial charge in [-0.05, 0) is 25.3 Å². The van der Waals surface area contributed by atoms with Crippen LogP contribution < -0.4 is 0 Å². The first kappa shape index (κ1) is 8.61. The van der Waals surface area contributed by atoms with E-state index in [1.54, 1.807) is 0 Å². The highest BCUT2D eigenvalue weighted by molar-refractivity contribution is 6.17. The highest BCUT2D eigenvalue weighted by Gasteiger charge is 1.91. The van der Waals surface area contributed by atoms with Crippen LogP contribution in [0.2, 0.25) is 0 Å². The van der Waals surface area contributed by atoms with E-state index in [4.69, 9.17) is 11.6 Å². The maximum atomic E-state index is 5.59. The van der Waals surface area contributed by atoms with Gasteiger partial charge in [0, 0.05) is 5.88 Å². The summed E-state index contributed by atoms with van der Waals surface area (Å²) >= 11 is 5.59. The first-order chi connectivity index (χ1) is 5.33. The molecule has 0 saturated carbocycles. The third-order valence-corrected chi connectivity index (χ3v) is 1.95. The molecule has 1 heteroatoms. The van der Waals surface area contributed by atoms with Gasteiger partial charge < -0.3 is 0 Å². The molecule has 0 aromatic heterocycles. The van der Waals surface area contributed by atoms with Crippen molar-refractivity contribution in [3.8, 4) is 0 Å². The zero-order valence-electron chi connectivity index (χ0n) is 6.81. The predicted octanol–water partition coefficient (Wildman–Crippen LogP) is 3.17. The molecule has 0 spiro atoms. The highest BCUT2D eigenvalue weighted by Crippen LogP contribution is 2.06. The van der Waals surface area contributed by atoms with Crippen molar-refractivity contribution in [2.24, 2.45) is 0 Å². The van der Waals surface area contributed by atoms with Crippen LogP contribution in [0.5, 0.6) is 0 Å². The van der Waals surface area contributed by atoms with Crippen molar-refractivity contribution in [2.45, 2.75) is 19.8 Å². The van der Waals surface area contributed by atoms with E-state index in [1.807, 2.05) is 0 Å². The number of aryl methyl sites for hydroxylation is 2. The van der Waals surface area contributed by atoms with Crippen molar-refractivity contribution in [2.75, 3.05) is 5.88 Å². The minimum atomic E-state index is 0.758. The van der Waals surface area contributed by atoms with Crippen LogP contribution in [-0.4, -0.2) is 5.88 Å². The third kappa shape index (κ3) is 2.94. The van der Waals surface area contributed by atoms with Crippen molar-refractivity contribution < 1.29 is 0 Å². The van der Waals surface area contributed by atoms with Crippen LogP contribution in [0.15, 0.2) is 24.3 Å². The molecule has 0 heterocycles. The number of hydrogen-bond donors (Lipinski definition) is 0. The maximum Gasteiger partial charge on any atom is 0.0226 e. The van der Waals surface area contributed by atoms with Crippen LogP contribution in [0.3, 0.4) is 0 Å². The van der Waals surface area contributed by atoms with Crippen LogP contribution in [0.25, 0.3) is 0 Å². The summed E-state index contributed by atoms with van der Waals surface area (Å²) in [5, 5.41) is 0. The Kier molecular flexibility index (Phi) is 3.44. The second-order valence-corrected chi connectivity index (χ2v) is 3.16. The first-order valence-electron chi connectivity index (χ1n) is 3.94. The third-order valence-electron chi connectivity index (χ3n) is 1.68. The Morgan fingerprint density at radius 3 is 2.82 bits per heavy atom. The molecule has 0 amide bonds. The lowest BCUT2D eigenvalue weighted by Gasteiger charge is -1.99. The normalized spacial score (nSPS) is 10.0. The average molecular weight is 169 g/mol. The fraction of sp³-hybridized carbons (Fsp3) is 0.400. The lowest BCUT2D eigenvalue weighted by Crippen LogP contribution is -1.86. The molecule has 0 atom stereocenters. The molecule has 0 unspecified atom stereocenters. The molecule has 0 fully saturated rings. The van der Waals surface area contributed by atoms with Crippen molar-refractivity contribution >= 4 is 11.6 Å². The van der Waals surface area contributed by atoms with E-state index in [0.29, 0.717) is 0 Å². The smallest absolute Gasteiger partial charge is 0.0226 e. The molecule has 0 N–H and O–H groups in total. The van der Waals surface area contributed by atoms with E-state index in [2.05, 4.69) is 31.2 Å². The lowest BCUT2D eigenvalue weighted by molar-refractivity contribution is 0.927. The quantitative estimate of drug-likeness (QED) is 0.609. The van der Waals surface area contributed by atoms with Gasteiger partial charge in [-0.1, -0.05) is 29.8 Å². The topological polar surface area (TPSA) is 0 Å². The van der Waals surface area contributed by atoms with Crippen LogP contribution in [0.1, 0.15) is 17.5 Å². The Hall–Kier alpha value is -0.490. The Bertz CT molecular complexity index is 218. The Morgan fingerprint density at radius 2 is 2.18 bits per heavy atom. The summed E-state index contributed by atoms with van der Waals surface area (Å²) in [6.07, 6.45) is 2.18. The van der Waals surface area contributed by atoms with Crippen molar-refractivity contribution in [3.05, 3.63) is 35.4 Å². The zero-order valence-corrected chi connectivity index (χ0v) is 7.56. The lowest BCUT2D eigenvalue weighted by atomic mass is 10.1. The summed E-state index contributed by atoms with van der Waals surface area (Å²) in [5.41, 5.74) is 2.72. The molecule has 11 heavy (non-hydrogen) atoms. The Morgan fingerprint density at radius 1 is 1.36 bits per heavy atom. The number of rotatable bonds is 3. The average Bonchev–Trinajstić information content (AvgIpc) is 2.01. The Labute approximate surface area is 73.2 Å². The van der Waals surface area contributed by atoms with Crippen molar-refractivity contribution in [3.63, 3.8) is 0 Å². The summed E-state index contributed by atoms with van der Waals surface area (Å²) in [6, 6.07) is 8.58. The largest absolute Gasteiger partial charge is 0.127 e. The van der Waals surface area contributed by atoms with Crippen molar-refractivity contribution in [1.29, 1.82) is 0 Å². The van der Waals surface area contributed by atoms with Crippen LogP contribution >= 0.6 is 11.6 Å². The molecule has 1 aromatic rings. The number of benzene rings is 1. The van der Waals surface area contributed by atoms with Gasteiger partial charge in [0.2, 0.25) is 0 Å². The summed E-state index contributed by atoms with van der Waals surface area (Å²) in [7, 11) is 0. The van der Waals surface area contributed by atoms with E-state index >= 15 is 0 Å². The van der Waals surface area contributed by atoms with Crippen LogP contribution in [0.4, 0.5) is 0 Å². The van der Waals surface area contributed by atoms with Gasteiger partial charge in [-0.3, -0.25) is 0 Å². The SMILES string of the molecule is Cc1cccc(CCCCl)c1. The Balaban J connectivity index is 2.56. The second kappa shape index (κ2) is 4.40. The molecule has 0 aliphatic heterocycles. The summed E-state index contributed by atoms with van der Waals surface area (Å²) in [4.78, 5) is 0. The molecule has 0 radical (unpaired) electrons. The fourth-order valence-electron chi connectivity index (χ4n) is 1.14. The predicted molar refractivity (Wildman–Crippen MR) is 50.2 cm³/mol. The minimum absolute atomic E-state index is 0.758. The molecular weight excluding hydrogens is 156 g/mol. The molecule has 1 rings (SSSR count). The number of alkyl halides is 1. The standard InChI is InChI=1S/C10H13Cl/c1-9-4-2-5-10(8-9)6-3-7-11/h2,4-5,8H,3,6-7H2,1H3. The molecule has 1 aromatic carbocycles. The summed E-state index contributed by atoms with van der Waals surface area (Å²) in [5.74, 6) is 0.758. The van der Waals surface area contributed by atoms with Crippen LogP contribution in [0, 0.1) is 6.92 Å². The van der Waals surface area contributed by atoms with Gasteiger partial charge in [0.05, 0.1) is 0 Å². The molecule has 0 saturated heterocycles. The first-order valence-corrected chi connectivity index (χ1v) is 4.48. The van der Waals surface area contributed by atoms with Gasteiger partial charge in [-0.2, -0.15) is 0 Å². The molecule has 0 aliphatic carbocycles. The van der Waals surface area contributed by atoms with E-state index in [-0.39, 0.29) is 0 Å². The van der Waals surface area contributed by atoms with E-state index in [0.717, 1.165) is 18.7 Å². The fourth-order valence-corrected chi connectivity index (χ4v) is 1.27. The monoisotopic (exact) mass is 168 g/mol. The highest BCUT2D eigenvalue weighted by atomic mass is 35.5. The van der Waals surface area contributed by atoms with Gasteiger partial charge in [-0.15, -0.1) is 11.6 Å². The van der Waals surface area contributed by atoms with Gasteiger partial charge in [0.25, 0.3) is 0 Å². The van der Waals surface area contributed by atoms with Gasteiger partial charge >= 0.3 is 0 Å². The van der Waals surface area contributed by atoms with Gasteiger partial charge in [-0.25, -0.2) is 0 Å². The van der Waals surface area contributed by atoms with E-state index in [1.165, 1.54) is 11.1 Å². The van der Waals surface area contributed by atoms with E-state index in [9.17, 15) is 0 Å². The summed E-state index contributed by atoms with van der Waals surface area (Å²) < 4.78 is 0. The molecule has 60 valence electrons. The van der Waals surface area contributed by atoms with Gasteiger partial charge in [0.15, 0.2) is 0 Å². The molecule has 0 aliphatic rings. The minimum Gasteiger partial charge on any atom is -0.127 e. The molecule has 0 bridgehead atoms. The van der Waals surface area contributed by atoms with Crippen molar-refractivity contribution in [1.82, 2.24) is 0 Å². The maximum absolute atomic E-state index is 5.59. The zero-order chi connectivity index (χ0) is 8.10. The van der Waals surface area contributed by atoms with E-state index < -0.39 is 0 Å². The number of hydrogen-bond acceptors (Lipinski definition) is 0. The second-order valence-electron chi connectivity index (χ2n) is 2.78. The number of halogens is 1. The summed E-state index contributed by atoms with van der Waals surface area (Å²) in [6.45, 7) is 2.12.